The molecule has 1 heterocycles. The number of ether oxygens (including phenoxy) is 1. The lowest BCUT2D eigenvalue weighted by Gasteiger charge is -2.14. The molecule has 0 aliphatic heterocycles. The van der Waals surface area contributed by atoms with Crippen molar-refractivity contribution in [3.63, 3.8) is 0 Å². The van der Waals surface area contributed by atoms with E-state index >= 15 is 0 Å². The number of nitrogens with zero attached hydrogens (tertiary/aromatic N) is 3. The normalized spacial score (nSPS) is 10.6. The fraction of sp³-hybridized carbons (Fsp3) is 0.167. The zero-order valence-electron chi connectivity index (χ0n) is 14.1. The lowest BCUT2D eigenvalue weighted by atomic mass is 10.1. The second-order valence-corrected chi connectivity index (χ2v) is 7.00. The zero-order valence-corrected chi connectivity index (χ0v) is 16.4. The minimum Gasteiger partial charge on any atom is -0.455 e. The summed E-state index contributed by atoms with van der Waals surface area (Å²) >= 11 is 9.15. The van der Waals surface area contributed by atoms with E-state index in [1.165, 1.54) is 22.8 Å². The molecule has 0 fully saturated rings. The van der Waals surface area contributed by atoms with E-state index in [-0.39, 0.29) is 21.7 Å². The molecule has 0 radical (unpaired) electrons. The van der Waals surface area contributed by atoms with E-state index in [0.29, 0.717) is 34.9 Å². The van der Waals surface area contributed by atoms with Crippen LogP contribution in [0.4, 0.5) is 10.1 Å². The van der Waals surface area contributed by atoms with Gasteiger partial charge in [0, 0.05) is 18.5 Å². The summed E-state index contributed by atoms with van der Waals surface area (Å²) in [6.45, 7) is 7.11. The van der Waals surface area contributed by atoms with Crippen molar-refractivity contribution in [2.24, 2.45) is 7.05 Å². The Morgan fingerprint density at radius 2 is 2.15 bits per heavy atom. The number of aryl methyl sites for hydroxylation is 2. The number of hydrogen-bond donors (Lipinski definition) is 1. The van der Waals surface area contributed by atoms with Crippen molar-refractivity contribution in [1.82, 2.24) is 14.8 Å². The Morgan fingerprint density at radius 3 is 2.81 bits per heavy atom. The topological polar surface area (TPSA) is 64.3 Å². The lowest BCUT2D eigenvalue weighted by molar-refractivity contribution is 0.434. The molecule has 0 amide bonds. The molecule has 6 nitrogen and oxygen atoms in total. The Morgan fingerprint density at radius 1 is 1.37 bits per heavy atom. The van der Waals surface area contributed by atoms with Gasteiger partial charge in [0.05, 0.1) is 11.0 Å². The summed E-state index contributed by atoms with van der Waals surface area (Å²) in [5.41, 5.74) is 0.575. The first-order valence-electron chi connectivity index (χ1n) is 7.82. The molecule has 0 saturated carbocycles. The predicted octanol–water partition coefficient (Wildman–Crippen LogP) is 4.79. The van der Waals surface area contributed by atoms with E-state index in [9.17, 15) is 9.18 Å². The Hall–Kier alpha value is -2.63. The first-order chi connectivity index (χ1) is 12.9. The first-order valence-corrected chi connectivity index (χ1v) is 8.99. The molecular formula is C18H13BrClFN4O2. The third-order valence-corrected chi connectivity index (χ3v) is 4.76. The van der Waals surface area contributed by atoms with Gasteiger partial charge in [0.1, 0.15) is 11.6 Å². The van der Waals surface area contributed by atoms with Gasteiger partial charge < -0.3 is 4.74 Å². The average molecular weight is 452 g/mol. The number of benzene rings is 2. The Kier molecular flexibility index (Phi) is 5.63. The van der Waals surface area contributed by atoms with Crippen molar-refractivity contribution < 1.29 is 9.13 Å². The molecule has 0 aliphatic carbocycles. The van der Waals surface area contributed by atoms with Crippen LogP contribution >= 0.6 is 27.5 Å². The number of H-pyrrole nitrogens is 1. The monoisotopic (exact) mass is 450 g/mol. The van der Waals surface area contributed by atoms with Crippen LogP contribution in [-0.2, 0) is 19.9 Å². The van der Waals surface area contributed by atoms with Gasteiger partial charge in [-0.05, 0) is 52.2 Å². The van der Waals surface area contributed by atoms with Crippen molar-refractivity contribution in [1.29, 1.82) is 0 Å². The van der Waals surface area contributed by atoms with Crippen LogP contribution in [0.25, 0.3) is 4.85 Å². The largest absolute Gasteiger partial charge is 0.455 e. The van der Waals surface area contributed by atoms with Crippen LogP contribution in [0.2, 0.25) is 5.02 Å². The van der Waals surface area contributed by atoms with Crippen molar-refractivity contribution in [3.8, 4) is 11.5 Å². The van der Waals surface area contributed by atoms with Crippen LogP contribution in [0.3, 0.4) is 0 Å². The Balaban J connectivity index is 1.93. The maximum Gasteiger partial charge on any atom is 0.343 e. The number of nitrogens with one attached hydrogen (secondary N) is 1. The minimum atomic E-state index is -0.562. The van der Waals surface area contributed by atoms with Gasteiger partial charge in [0.25, 0.3) is 0 Å². The highest BCUT2D eigenvalue weighted by Gasteiger charge is 2.16. The van der Waals surface area contributed by atoms with Crippen molar-refractivity contribution in [3.05, 3.63) is 78.9 Å². The molecule has 1 aromatic heterocycles. The molecule has 1 N–H and O–H groups in total. The maximum atomic E-state index is 14.7. The highest BCUT2D eigenvalue weighted by Crippen LogP contribution is 2.36. The predicted molar refractivity (Wildman–Crippen MR) is 103 cm³/mol. The van der Waals surface area contributed by atoms with Crippen LogP contribution in [-0.4, -0.2) is 14.8 Å². The molecule has 138 valence electrons. The van der Waals surface area contributed by atoms with E-state index < -0.39 is 5.82 Å². The molecule has 27 heavy (non-hydrogen) atoms. The van der Waals surface area contributed by atoms with Crippen LogP contribution in [0, 0.1) is 12.4 Å². The summed E-state index contributed by atoms with van der Waals surface area (Å²) in [5, 5.41) is 6.64. The fourth-order valence-corrected chi connectivity index (χ4v) is 3.05. The number of aromatic nitrogens is 3. The van der Waals surface area contributed by atoms with Gasteiger partial charge in [-0.2, -0.15) is 5.10 Å². The second kappa shape index (κ2) is 7.94. The third-order valence-electron chi connectivity index (χ3n) is 3.93. The summed E-state index contributed by atoms with van der Waals surface area (Å²) in [4.78, 5) is 14.8. The maximum absolute atomic E-state index is 14.7. The molecule has 0 spiro atoms. The quantitative estimate of drug-likeness (QED) is 0.567. The van der Waals surface area contributed by atoms with Crippen LogP contribution in [0.1, 0.15) is 11.4 Å². The molecule has 2 aromatic carbocycles. The van der Waals surface area contributed by atoms with E-state index in [4.69, 9.17) is 22.9 Å². The van der Waals surface area contributed by atoms with Gasteiger partial charge in [-0.25, -0.2) is 19.1 Å². The molecule has 0 saturated heterocycles. The Bertz CT molecular complexity index is 1100. The lowest BCUT2D eigenvalue weighted by Crippen LogP contribution is -2.15. The van der Waals surface area contributed by atoms with E-state index in [0.717, 1.165) is 0 Å². The smallest absolute Gasteiger partial charge is 0.343 e. The zero-order chi connectivity index (χ0) is 19.6. The van der Waals surface area contributed by atoms with Crippen LogP contribution in [0.5, 0.6) is 11.5 Å². The van der Waals surface area contributed by atoms with E-state index in [1.54, 1.807) is 19.2 Å². The van der Waals surface area contributed by atoms with Gasteiger partial charge in [0.15, 0.2) is 17.3 Å². The van der Waals surface area contributed by atoms with Gasteiger partial charge in [0.2, 0.25) is 0 Å². The van der Waals surface area contributed by atoms with Crippen molar-refractivity contribution in [2.45, 2.75) is 12.8 Å². The summed E-state index contributed by atoms with van der Waals surface area (Å²) in [5.74, 6) is 0.280. The molecule has 0 aliphatic rings. The minimum absolute atomic E-state index is 0.0307. The van der Waals surface area contributed by atoms with Crippen molar-refractivity contribution >= 4 is 33.2 Å². The number of halogens is 3. The number of aromatic amines is 1. The standard InChI is InChI=1S/C18H13BrClFN4O2/c1-22-12-7-11(20)8-13(9-12)27-17-10(3-5-14(19)16(17)21)4-6-15-23-24-18(26)25(15)2/h3,5,7-9H,4,6H2,2H3,(H,24,26). The highest BCUT2D eigenvalue weighted by molar-refractivity contribution is 9.10. The SMILES string of the molecule is [C-]#[N+]c1cc(Cl)cc(Oc2c(CCc3n[nH]c(=O)n3C)ccc(Br)c2F)c1. The first kappa shape index (κ1) is 19.1. The molecular weight excluding hydrogens is 439 g/mol. The second-order valence-electron chi connectivity index (χ2n) is 5.71. The molecule has 9 heteroatoms. The van der Waals surface area contributed by atoms with Gasteiger partial charge in [-0.3, -0.25) is 4.57 Å². The van der Waals surface area contributed by atoms with Crippen LogP contribution < -0.4 is 10.4 Å². The number of hydrogen-bond acceptors (Lipinski definition) is 3. The highest BCUT2D eigenvalue weighted by atomic mass is 79.9. The summed E-state index contributed by atoms with van der Waals surface area (Å²) in [6, 6.07) is 7.81. The fourth-order valence-electron chi connectivity index (χ4n) is 2.52. The molecule has 0 atom stereocenters. The van der Waals surface area contributed by atoms with E-state index in [1.807, 2.05) is 0 Å². The van der Waals surface area contributed by atoms with Gasteiger partial charge >= 0.3 is 5.69 Å². The summed E-state index contributed by atoms with van der Waals surface area (Å²) in [7, 11) is 1.61. The number of rotatable bonds is 5. The summed E-state index contributed by atoms with van der Waals surface area (Å²) < 4.78 is 22.1. The van der Waals surface area contributed by atoms with Crippen molar-refractivity contribution in [2.75, 3.05) is 0 Å². The molecule has 3 aromatic rings. The van der Waals surface area contributed by atoms with Gasteiger partial charge in [-0.15, -0.1) is 0 Å². The van der Waals surface area contributed by atoms with Crippen LogP contribution in [0.15, 0.2) is 39.6 Å². The molecule has 0 unspecified atom stereocenters. The third kappa shape index (κ3) is 4.21. The van der Waals surface area contributed by atoms with Gasteiger partial charge in [-0.1, -0.05) is 17.7 Å². The summed E-state index contributed by atoms with van der Waals surface area (Å²) in [6.07, 6.45) is 0.809. The Labute approximate surface area is 167 Å². The molecule has 0 bridgehead atoms. The van der Waals surface area contributed by atoms with E-state index in [2.05, 4.69) is 31.0 Å². The average Bonchev–Trinajstić information content (AvgIpc) is 2.96. The molecule has 3 rings (SSSR count).